The second-order valence-electron chi connectivity index (χ2n) is 3.52. The molecule has 17 heavy (non-hydrogen) atoms. The van der Waals surface area contributed by atoms with Crippen molar-refractivity contribution in [3.05, 3.63) is 17.3 Å². The normalized spacial score (nSPS) is 11.1. The summed E-state index contributed by atoms with van der Waals surface area (Å²) in [6.45, 7) is 1.78. The van der Waals surface area contributed by atoms with Crippen LogP contribution in [0.3, 0.4) is 0 Å². The highest BCUT2D eigenvalue weighted by atomic mass is 32.1. The van der Waals surface area contributed by atoms with E-state index in [1.807, 2.05) is 11.4 Å². The Morgan fingerprint density at radius 1 is 1.29 bits per heavy atom. The van der Waals surface area contributed by atoms with Crippen molar-refractivity contribution in [2.24, 2.45) is 0 Å². The molecule has 2 aromatic heterocycles. The number of nitrogens with zero attached hydrogens (tertiary/aromatic N) is 2. The SMILES string of the molecule is COCCOCCc1nc(N)c2ccsc2n1. The summed E-state index contributed by atoms with van der Waals surface area (Å²) in [5.41, 5.74) is 5.85. The Labute approximate surface area is 104 Å². The van der Waals surface area contributed by atoms with Gasteiger partial charge in [0.1, 0.15) is 16.5 Å². The van der Waals surface area contributed by atoms with Crippen LogP contribution in [0, 0.1) is 0 Å². The third kappa shape index (κ3) is 3.12. The third-order valence-corrected chi connectivity index (χ3v) is 3.11. The van der Waals surface area contributed by atoms with Crippen LogP contribution >= 0.6 is 11.3 Å². The molecular weight excluding hydrogens is 238 g/mol. The minimum Gasteiger partial charge on any atom is -0.383 e. The van der Waals surface area contributed by atoms with Crippen LogP contribution < -0.4 is 5.73 Å². The van der Waals surface area contributed by atoms with Crippen LogP contribution in [0.2, 0.25) is 0 Å². The fourth-order valence-electron chi connectivity index (χ4n) is 1.44. The Morgan fingerprint density at radius 3 is 3.00 bits per heavy atom. The lowest BCUT2D eigenvalue weighted by Crippen LogP contribution is -2.07. The van der Waals surface area contributed by atoms with Crippen molar-refractivity contribution < 1.29 is 9.47 Å². The van der Waals surface area contributed by atoms with Crippen LogP contribution in [0.1, 0.15) is 5.82 Å². The fraction of sp³-hybridized carbons (Fsp3) is 0.455. The number of ether oxygens (including phenoxy) is 2. The van der Waals surface area contributed by atoms with Gasteiger partial charge in [-0.3, -0.25) is 0 Å². The lowest BCUT2D eigenvalue weighted by molar-refractivity contribution is 0.0717. The maximum atomic E-state index is 5.85. The number of anilines is 1. The van der Waals surface area contributed by atoms with Crippen molar-refractivity contribution in [2.75, 3.05) is 32.7 Å². The van der Waals surface area contributed by atoms with Crippen molar-refractivity contribution in [3.63, 3.8) is 0 Å². The van der Waals surface area contributed by atoms with Crippen molar-refractivity contribution >= 4 is 27.4 Å². The van der Waals surface area contributed by atoms with Crippen LogP contribution in [0.4, 0.5) is 5.82 Å². The summed E-state index contributed by atoms with van der Waals surface area (Å²) in [4.78, 5) is 9.62. The summed E-state index contributed by atoms with van der Waals surface area (Å²) < 4.78 is 10.3. The number of aromatic nitrogens is 2. The average molecular weight is 253 g/mol. The highest BCUT2D eigenvalue weighted by Crippen LogP contribution is 2.22. The highest BCUT2D eigenvalue weighted by Gasteiger charge is 2.05. The molecule has 0 radical (unpaired) electrons. The zero-order chi connectivity index (χ0) is 12.1. The van der Waals surface area contributed by atoms with Gasteiger partial charge in [0.2, 0.25) is 0 Å². The standard InChI is InChI=1S/C11H15N3O2S/c1-15-5-6-16-4-2-9-13-10(12)8-3-7-17-11(8)14-9/h3,7H,2,4-6H2,1H3,(H2,12,13,14). The molecule has 6 heteroatoms. The maximum Gasteiger partial charge on any atom is 0.135 e. The van der Waals surface area contributed by atoms with Crippen LogP contribution in [0.15, 0.2) is 11.4 Å². The minimum absolute atomic E-state index is 0.545. The van der Waals surface area contributed by atoms with E-state index in [4.69, 9.17) is 15.2 Å². The first-order valence-corrected chi connectivity index (χ1v) is 6.25. The molecule has 5 nitrogen and oxygen atoms in total. The zero-order valence-electron chi connectivity index (χ0n) is 9.68. The molecule has 0 amide bonds. The quantitative estimate of drug-likeness (QED) is 0.790. The molecular formula is C11H15N3O2S. The fourth-order valence-corrected chi connectivity index (χ4v) is 2.23. The zero-order valence-corrected chi connectivity index (χ0v) is 10.5. The summed E-state index contributed by atoms with van der Waals surface area (Å²) in [5, 5.41) is 2.90. The topological polar surface area (TPSA) is 70.3 Å². The molecule has 2 heterocycles. The number of nitrogen functional groups attached to an aromatic ring is 1. The summed E-state index contributed by atoms with van der Waals surface area (Å²) in [7, 11) is 1.65. The molecule has 0 saturated carbocycles. The van der Waals surface area contributed by atoms with Crippen molar-refractivity contribution in [3.8, 4) is 0 Å². The van der Waals surface area contributed by atoms with Gasteiger partial charge in [-0.05, 0) is 11.4 Å². The van der Waals surface area contributed by atoms with Gasteiger partial charge in [-0.2, -0.15) is 0 Å². The van der Waals surface area contributed by atoms with Gasteiger partial charge in [0.15, 0.2) is 0 Å². The van der Waals surface area contributed by atoms with Gasteiger partial charge < -0.3 is 15.2 Å². The van der Waals surface area contributed by atoms with Crippen LogP contribution in [0.5, 0.6) is 0 Å². The Morgan fingerprint density at radius 2 is 2.18 bits per heavy atom. The predicted octanol–water partition coefficient (Wildman–Crippen LogP) is 1.48. The number of methoxy groups -OCH3 is 1. The molecule has 0 unspecified atom stereocenters. The van der Waals surface area contributed by atoms with E-state index in [-0.39, 0.29) is 0 Å². The van der Waals surface area contributed by atoms with E-state index in [9.17, 15) is 0 Å². The smallest absolute Gasteiger partial charge is 0.135 e. The van der Waals surface area contributed by atoms with Gasteiger partial charge in [0.05, 0.1) is 25.2 Å². The summed E-state index contributed by atoms with van der Waals surface area (Å²) in [6, 6.07) is 1.94. The van der Waals surface area contributed by atoms with Gasteiger partial charge in [0.25, 0.3) is 0 Å². The Hall–Kier alpha value is -1.24. The first-order chi connectivity index (χ1) is 8.31. The number of thiophene rings is 1. The molecule has 2 aromatic rings. The first-order valence-electron chi connectivity index (χ1n) is 5.37. The van der Waals surface area contributed by atoms with E-state index in [0.29, 0.717) is 32.1 Å². The van der Waals surface area contributed by atoms with E-state index >= 15 is 0 Å². The highest BCUT2D eigenvalue weighted by molar-refractivity contribution is 7.16. The van der Waals surface area contributed by atoms with E-state index in [2.05, 4.69) is 9.97 Å². The number of nitrogens with two attached hydrogens (primary N) is 1. The maximum absolute atomic E-state index is 5.85. The van der Waals surface area contributed by atoms with Crippen LogP contribution in [-0.2, 0) is 15.9 Å². The molecule has 0 atom stereocenters. The molecule has 0 saturated heterocycles. The Balaban J connectivity index is 1.94. The summed E-state index contributed by atoms with van der Waals surface area (Å²) in [6.07, 6.45) is 0.668. The molecule has 0 aliphatic rings. The van der Waals surface area contributed by atoms with Gasteiger partial charge in [0, 0.05) is 13.5 Å². The number of rotatable bonds is 6. The number of hydrogen-bond donors (Lipinski definition) is 1. The van der Waals surface area contributed by atoms with Crippen molar-refractivity contribution in [1.29, 1.82) is 0 Å². The lowest BCUT2D eigenvalue weighted by Gasteiger charge is -2.04. The second-order valence-corrected chi connectivity index (χ2v) is 4.41. The third-order valence-electron chi connectivity index (χ3n) is 2.30. The molecule has 0 aliphatic heterocycles. The second kappa shape index (κ2) is 5.90. The molecule has 2 N–H and O–H groups in total. The van der Waals surface area contributed by atoms with E-state index in [1.165, 1.54) is 0 Å². The summed E-state index contributed by atoms with van der Waals surface area (Å²) >= 11 is 1.57. The van der Waals surface area contributed by atoms with E-state index in [0.717, 1.165) is 16.0 Å². The molecule has 2 rings (SSSR count). The molecule has 92 valence electrons. The average Bonchev–Trinajstić information content (AvgIpc) is 2.77. The largest absolute Gasteiger partial charge is 0.383 e. The minimum atomic E-state index is 0.545. The Bertz CT molecular complexity index is 487. The molecule has 0 bridgehead atoms. The molecule has 0 fully saturated rings. The van der Waals surface area contributed by atoms with Crippen molar-refractivity contribution in [2.45, 2.75) is 6.42 Å². The van der Waals surface area contributed by atoms with Gasteiger partial charge >= 0.3 is 0 Å². The molecule has 0 aliphatic carbocycles. The monoisotopic (exact) mass is 253 g/mol. The number of hydrogen-bond acceptors (Lipinski definition) is 6. The molecule has 0 aromatic carbocycles. The van der Waals surface area contributed by atoms with Crippen LogP contribution in [-0.4, -0.2) is 36.9 Å². The predicted molar refractivity (Wildman–Crippen MR) is 68.2 cm³/mol. The van der Waals surface area contributed by atoms with E-state index in [1.54, 1.807) is 18.4 Å². The van der Waals surface area contributed by atoms with Gasteiger partial charge in [-0.25, -0.2) is 9.97 Å². The first kappa shape index (κ1) is 12.2. The molecule has 0 spiro atoms. The lowest BCUT2D eigenvalue weighted by atomic mass is 10.3. The van der Waals surface area contributed by atoms with E-state index < -0.39 is 0 Å². The van der Waals surface area contributed by atoms with Gasteiger partial charge in [-0.1, -0.05) is 0 Å². The number of fused-ring (bicyclic) bond motifs is 1. The van der Waals surface area contributed by atoms with Gasteiger partial charge in [-0.15, -0.1) is 11.3 Å². The summed E-state index contributed by atoms with van der Waals surface area (Å²) in [5.74, 6) is 1.28. The van der Waals surface area contributed by atoms with Crippen molar-refractivity contribution in [1.82, 2.24) is 9.97 Å². The Kier molecular flexibility index (Phi) is 4.24. The van der Waals surface area contributed by atoms with Crippen LogP contribution in [0.25, 0.3) is 10.2 Å².